The number of likely N-dealkylation sites (tertiary alicyclic amines) is 1. The third-order valence-corrected chi connectivity index (χ3v) is 4.99. The number of nitrogens with zero attached hydrogens (tertiary/aromatic N) is 1. The van der Waals surface area contributed by atoms with Crippen LogP contribution < -0.4 is 5.32 Å². The maximum Gasteiger partial charge on any atom is 0.00799 e. The van der Waals surface area contributed by atoms with Gasteiger partial charge in [0.2, 0.25) is 0 Å². The van der Waals surface area contributed by atoms with E-state index in [1.165, 1.54) is 77.5 Å². The smallest absolute Gasteiger partial charge is 0.00799 e. The van der Waals surface area contributed by atoms with Crippen LogP contribution in [0.1, 0.15) is 65.2 Å². The molecule has 0 aromatic carbocycles. The number of hydrogen-bond donors (Lipinski definition) is 1. The van der Waals surface area contributed by atoms with Crippen LogP contribution in [0.3, 0.4) is 0 Å². The summed E-state index contributed by atoms with van der Waals surface area (Å²) in [4.78, 5) is 2.65. The normalized spacial score (nSPS) is 29.3. The zero-order valence-corrected chi connectivity index (χ0v) is 12.5. The van der Waals surface area contributed by atoms with Gasteiger partial charge < -0.3 is 10.2 Å². The molecule has 2 fully saturated rings. The summed E-state index contributed by atoms with van der Waals surface area (Å²) >= 11 is 0. The van der Waals surface area contributed by atoms with Gasteiger partial charge in [-0.15, -0.1) is 0 Å². The second kappa shape index (κ2) is 6.91. The highest BCUT2D eigenvalue weighted by molar-refractivity contribution is 4.84. The molecule has 0 aromatic rings. The Balaban J connectivity index is 1.70. The van der Waals surface area contributed by atoms with Gasteiger partial charge in [0, 0.05) is 12.6 Å². The Morgan fingerprint density at radius 2 is 1.89 bits per heavy atom. The first-order valence-electron chi connectivity index (χ1n) is 8.18. The molecule has 1 unspecified atom stereocenters. The van der Waals surface area contributed by atoms with Crippen molar-refractivity contribution in [1.82, 2.24) is 10.2 Å². The van der Waals surface area contributed by atoms with E-state index in [9.17, 15) is 0 Å². The average Bonchev–Trinajstić information content (AvgIpc) is 2.66. The molecule has 2 nitrogen and oxygen atoms in total. The zero-order chi connectivity index (χ0) is 12.8. The van der Waals surface area contributed by atoms with E-state index >= 15 is 0 Å². The van der Waals surface area contributed by atoms with Gasteiger partial charge in [-0.25, -0.2) is 0 Å². The summed E-state index contributed by atoms with van der Waals surface area (Å²) in [5.41, 5.74) is 0.607. The van der Waals surface area contributed by atoms with E-state index in [-0.39, 0.29) is 0 Å². The van der Waals surface area contributed by atoms with Gasteiger partial charge in [0.15, 0.2) is 0 Å². The van der Waals surface area contributed by atoms with Gasteiger partial charge in [-0.05, 0) is 63.6 Å². The third-order valence-electron chi connectivity index (χ3n) is 4.99. The highest BCUT2D eigenvalue weighted by Gasteiger charge is 2.29. The minimum absolute atomic E-state index is 0.607. The second-order valence-corrected chi connectivity index (χ2v) is 6.87. The molecule has 1 aliphatic heterocycles. The van der Waals surface area contributed by atoms with Crippen LogP contribution in [0.5, 0.6) is 0 Å². The Kier molecular flexibility index (Phi) is 5.50. The Bertz CT molecular complexity index is 233. The summed E-state index contributed by atoms with van der Waals surface area (Å²) in [6.45, 7) is 9.95. The standard InChI is InChI=1S/C16H32N2/c1-3-11-18-12-6-7-15(8-13-18)17-14-16(2)9-4-5-10-16/h15,17H,3-14H2,1-2H3. The molecule has 1 saturated heterocycles. The van der Waals surface area contributed by atoms with Gasteiger partial charge in [-0.1, -0.05) is 26.7 Å². The molecule has 0 amide bonds. The lowest BCUT2D eigenvalue weighted by molar-refractivity contribution is 0.271. The van der Waals surface area contributed by atoms with Crippen LogP contribution in [0.4, 0.5) is 0 Å². The molecule has 18 heavy (non-hydrogen) atoms. The van der Waals surface area contributed by atoms with Crippen molar-refractivity contribution in [2.45, 2.75) is 71.3 Å². The van der Waals surface area contributed by atoms with Crippen molar-refractivity contribution in [2.24, 2.45) is 5.41 Å². The quantitative estimate of drug-likeness (QED) is 0.806. The molecule has 1 atom stereocenters. The number of rotatable bonds is 5. The van der Waals surface area contributed by atoms with Gasteiger partial charge in [0.05, 0.1) is 0 Å². The van der Waals surface area contributed by atoms with Crippen LogP contribution in [0.2, 0.25) is 0 Å². The van der Waals surface area contributed by atoms with E-state index in [4.69, 9.17) is 0 Å². The van der Waals surface area contributed by atoms with Gasteiger partial charge in [0.25, 0.3) is 0 Å². The van der Waals surface area contributed by atoms with Gasteiger partial charge >= 0.3 is 0 Å². The van der Waals surface area contributed by atoms with E-state index in [0.29, 0.717) is 5.41 Å². The molecule has 106 valence electrons. The number of nitrogens with one attached hydrogen (secondary N) is 1. The van der Waals surface area contributed by atoms with Crippen molar-refractivity contribution in [3.63, 3.8) is 0 Å². The summed E-state index contributed by atoms with van der Waals surface area (Å²) in [5.74, 6) is 0. The molecule has 0 radical (unpaired) electrons. The van der Waals surface area contributed by atoms with E-state index in [1.54, 1.807) is 0 Å². The van der Waals surface area contributed by atoms with Crippen LogP contribution in [-0.4, -0.2) is 37.1 Å². The molecular formula is C16H32N2. The molecule has 0 aromatic heterocycles. The molecule has 2 heteroatoms. The summed E-state index contributed by atoms with van der Waals surface area (Å²) in [7, 11) is 0. The molecule has 2 rings (SSSR count). The van der Waals surface area contributed by atoms with Crippen molar-refractivity contribution >= 4 is 0 Å². The molecule has 1 heterocycles. The van der Waals surface area contributed by atoms with Gasteiger partial charge in [-0.2, -0.15) is 0 Å². The Hall–Kier alpha value is -0.0800. The van der Waals surface area contributed by atoms with Crippen molar-refractivity contribution in [3.05, 3.63) is 0 Å². The topological polar surface area (TPSA) is 15.3 Å². The van der Waals surface area contributed by atoms with Crippen molar-refractivity contribution in [3.8, 4) is 0 Å². The van der Waals surface area contributed by atoms with Crippen LogP contribution in [-0.2, 0) is 0 Å². The fraction of sp³-hybridized carbons (Fsp3) is 1.00. The van der Waals surface area contributed by atoms with E-state index in [2.05, 4.69) is 24.1 Å². The van der Waals surface area contributed by atoms with Crippen molar-refractivity contribution in [1.29, 1.82) is 0 Å². The first-order valence-corrected chi connectivity index (χ1v) is 8.18. The lowest BCUT2D eigenvalue weighted by atomic mass is 9.88. The van der Waals surface area contributed by atoms with Crippen LogP contribution in [0.25, 0.3) is 0 Å². The van der Waals surface area contributed by atoms with E-state index in [0.717, 1.165) is 6.04 Å². The largest absolute Gasteiger partial charge is 0.313 e. The highest BCUT2D eigenvalue weighted by Crippen LogP contribution is 2.36. The minimum Gasteiger partial charge on any atom is -0.313 e. The highest BCUT2D eigenvalue weighted by atomic mass is 15.1. The summed E-state index contributed by atoms with van der Waals surface area (Å²) < 4.78 is 0. The predicted octanol–water partition coefficient (Wildman–Crippen LogP) is 3.42. The van der Waals surface area contributed by atoms with Gasteiger partial charge in [-0.3, -0.25) is 0 Å². The molecule has 1 saturated carbocycles. The lowest BCUT2D eigenvalue weighted by Crippen LogP contribution is -2.37. The minimum atomic E-state index is 0.607. The SMILES string of the molecule is CCCN1CCCC(NCC2(C)CCCC2)CC1. The van der Waals surface area contributed by atoms with Gasteiger partial charge in [0.1, 0.15) is 0 Å². The van der Waals surface area contributed by atoms with E-state index < -0.39 is 0 Å². The number of hydrogen-bond acceptors (Lipinski definition) is 2. The van der Waals surface area contributed by atoms with Crippen LogP contribution in [0, 0.1) is 5.41 Å². The fourth-order valence-corrected chi connectivity index (χ4v) is 3.70. The Morgan fingerprint density at radius 1 is 1.11 bits per heavy atom. The van der Waals surface area contributed by atoms with E-state index in [1.807, 2.05) is 0 Å². The Labute approximate surface area is 114 Å². The molecule has 2 aliphatic rings. The molecular weight excluding hydrogens is 220 g/mol. The van der Waals surface area contributed by atoms with Crippen LogP contribution in [0.15, 0.2) is 0 Å². The average molecular weight is 252 g/mol. The first kappa shape index (κ1) is 14.3. The molecule has 1 N–H and O–H groups in total. The first-order chi connectivity index (χ1) is 8.72. The predicted molar refractivity (Wildman–Crippen MR) is 78.9 cm³/mol. The maximum atomic E-state index is 3.88. The summed E-state index contributed by atoms with van der Waals surface area (Å²) in [6.07, 6.45) is 11.2. The monoisotopic (exact) mass is 252 g/mol. The van der Waals surface area contributed by atoms with Crippen molar-refractivity contribution in [2.75, 3.05) is 26.2 Å². The summed E-state index contributed by atoms with van der Waals surface area (Å²) in [5, 5.41) is 3.88. The van der Waals surface area contributed by atoms with Crippen molar-refractivity contribution < 1.29 is 0 Å². The zero-order valence-electron chi connectivity index (χ0n) is 12.5. The van der Waals surface area contributed by atoms with Crippen LogP contribution >= 0.6 is 0 Å². The molecule has 1 aliphatic carbocycles. The third kappa shape index (κ3) is 4.24. The molecule has 0 spiro atoms. The maximum absolute atomic E-state index is 3.88. The summed E-state index contributed by atoms with van der Waals surface area (Å²) in [6, 6.07) is 0.782. The lowest BCUT2D eigenvalue weighted by Gasteiger charge is -2.27. The Morgan fingerprint density at radius 3 is 2.61 bits per heavy atom. The second-order valence-electron chi connectivity index (χ2n) is 6.87. The molecule has 0 bridgehead atoms. The fourth-order valence-electron chi connectivity index (χ4n) is 3.70.